The summed E-state index contributed by atoms with van der Waals surface area (Å²) in [5.74, 6) is -5.24. The summed E-state index contributed by atoms with van der Waals surface area (Å²) in [7, 11) is 0. The minimum Gasteiger partial charge on any atom is -0.418 e. The molecule has 2 amide bonds. The van der Waals surface area contributed by atoms with Gasteiger partial charge < -0.3 is 20.7 Å². The molecule has 9 nitrogen and oxygen atoms in total. The average Bonchev–Trinajstić information content (AvgIpc) is 2.76. The van der Waals surface area contributed by atoms with E-state index in [2.05, 4.69) is 30.9 Å². The molecule has 0 bridgehead atoms. The van der Waals surface area contributed by atoms with E-state index >= 15 is 0 Å². The number of esters is 1. The highest BCUT2D eigenvalue weighted by molar-refractivity contribution is 6.31. The molecule has 14 heteroatoms. The SMILES string of the molecule is O=C(Nc1ccc(Cl)nn1)c1cc(Cl)cc(OC(=O)C(F)(F)F)c1NC(=O)C1CCNCC1. The molecule has 0 unspecified atom stereocenters. The molecular formula is C19H16Cl2F3N5O4. The van der Waals surface area contributed by atoms with Crippen molar-refractivity contribution in [1.29, 1.82) is 0 Å². The second kappa shape index (κ2) is 10.3. The molecule has 1 aromatic carbocycles. The van der Waals surface area contributed by atoms with E-state index in [9.17, 15) is 27.6 Å². The second-order valence-electron chi connectivity index (χ2n) is 6.92. The predicted octanol–water partition coefficient (Wildman–Crippen LogP) is 3.44. The Bertz CT molecular complexity index is 1060. The van der Waals surface area contributed by atoms with Crippen LogP contribution in [-0.2, 0) is 9.59 Å². The van der Waals surface area contributed by atoms with Gasteiger partial charge in [-0.3, -0.25) is 9.59 Å². The molecule has 1 aromatic heterocycles. The number of carbonyl (C=O) groups is 3. The third kappa shape index (κ3) is 6.53. The average molecular weight is 506 g/mol. The van der Waals surface area contributed by atoms with E-state index in [1.54, 1.807) is 0 Å². The van der Waals surface area contributed by atoms with Crippen molar-refractivity contribution in [2.45, 2.75) is 19.0 Å². The lowest BCUT2D eigenvalue weighted by Crippen LogP contribution is -2.35. The Morgan fingerprint density at radius 3 is 2.36 bits per heavy atom. The molecule has 0 aliphatic carbocycles. The molecule has 176 valence electrons. The Morgan fingerprint density at radius 2 is 1.76 bits per heavy atom. The molecule has 2 heterocycles. The van der Waals surface area contributed by atoms with E-state index in [-0.39, 0.29) is 21.6 Å². The number of rotatable bonds is 5. The Morgan fingerprint density at radius 1 is 1.06 bits per heavy atom. The molecule has 2 aromatic rings. The van der Waals surface area contributed by atoms with Crippen LogP contribution in [0, 0.1) is 5.92 Å². The molecule has 33 heavy (non-hydrogen) atoms. The van der Waals surface area contributed by atoms with Gasteiger partial charge in [0.25, 0.3) is 5.91 Å². The summed E-state index contributed by atoms with van der Waals surface area (Å²) in [6.07, 6.45) is -4.38. The molecule has 0 radical (unpaired) electrons. The summed E-state index contributed by atoms with van der Waals surface area (Å²) in [6.45, 7) is 1.13. The standard InChI is InChI=1S/C19H16Cl2F3N5O4/c20-10-7-11(17(31)26-14-2-1-13(21)28-29-14)15(12(8-10)33-18(32)19(22,23)24)27-16(30)9-3-5-25-6-4-9/h1-2,7-9,25H,3-6H2,(H,27,30)(H,26,29,31). The van der Waals surface area contributed by atoms with Crippen molar-refractivity contribution in [3.05, 3.63) is 40.0 Å². The van der Waals surface area contributed by atoms with Crippen LogP contribution >= 0.6 is 23.2 Å². The third-order valence-corrected chi connectivity index (χ3v) is 5.00. The van der Waals surface area contributed by atoms with Gasteiger partial charge >= 0.3 is 12.1 Å². The zero-order chi connectivity index (χ0) is 24.2. The van der Waals surface area contributed by atoms with E-state index in [0.717, 1.165) is 12.1 Å². The number of anilines is 2. The van der Waals surface area contributed by atoms with Gasteiger partial charge in [-0.1, -0.05) is 23.2 Å². The lowest BCUT2D eigenvalue weighted by molar-refractivity contribution is -0.189. The van der Waals surface area contributed by atoms with Crippen LogP contribution in [0.25, 0.3) is 0 Å². The molecule has 1 aliphatic heterocycles. The van der Waals surface area contributed by atoms with Gasteiger partial charge in [0.1, 0.15) is 0 Å². The second-order valence-corrected chi connectivity index (χ2v) is 7.75. The number of ether oxygens (including phenoxy) is 1. The molecule has 1 aliphatic rings. The predicted molar refractivity (Wildman–Crippen MR) is 112 cm³/mol. The smallest absolute Gasteiger partial charge is 0.418 e. The number of nitrogens with zero attached hydrogens (tertiary/aromatic N) is 2. The first kappa shape index (κ1) is 24.7. The highest BCUT2D eigenvalue weighted by Gasteiger charge is 2.42. The summed E-state index contributed by atoms with van der Waals surface area (Å²) < 4.78 is 42.8. The van der Waals surface area contributed by atoms with Crippen LogP contribution in [0.5, 0.6) is 5.75 Å². The summed E-state index contributed by atoms with van der Waals surface area (Å²) >= 11 is 11.6. The summed E-state index contributed by atoms with van der Waals surface area (Å²) in [5, 5.41) is 14.9. The van der Waals surface area contributed by atoms with Crippen LogP contribution in [0.4, 0.5) is 24.7 Å². The van der Waals surface area contributed by atoms with E-state index in [4.69, 9.17) is 23.2 Å². The maximum absolute atomic E-state index is 12.9. The van der Waals surface area contributed by atoms with Crippen molar-refractivity contribution < 1.29 is 32.3 Å². The van der Waals surface area contributed by atoms with Crippen LogP contribution in [-0.4, -0.2) is 47.2 Å². The lowest BCUT2D eigenvalue weighted by atomic mass is 9.97. The van der Waals surface area contributed by atoms with Crippen LogP contribution < -0.4 is 20.7 Å². The van der Waals surface area contributed by atoms with Crippen LogP contribution in [0.3, 0.4) is 0 Å². The van der Waals surface area contributed by atoms with Gasteiger partial charge in [-0.15, -0.1) is 10.2 Å². The fourth-order valence-corrected chi connectivity index (χ4v) is 3.31. The summed E-state index contributed by atoms with van der Waals surface area (Å²) in [6, 6.07) is 4.67. The maximum Gasteiger partial charge on any atom is 0.491 e. The molecule has 0 atom stereocenters. The first-order valence-electron chi connectivity index (χ1n) is 9.49. The van der Waals surface area contributed by atoms with Gasteiger partial charge in [0, 0.05) is 17.0 Å². The Kier molecular flexibility index (Phi) is 7.72. The van der Waals surface area contributed by atoms with Crippen molar-refractivity contribution in [2.24, 2.45) is 5.92 Å². The quantitative estimate of drug-likeness (QED) is 0.420. The number of carbonyl (C=O) groups excluding carboxylic acids is 3. The van der Waals surface area contributed by atoms with Crippen molar-refractivity contribution in [2.75, 3.05) is 23.7 Å². The molecule has 1 fully saturated rings. The largest absolute Gasteiger partial charge is 0.491 e. The number of aromatic nitrogens is 2. The van der Waals surface area contributed by atoms with Crippen molar-refractivity contribution in [1.82, 2.24) is 15.5 Å². The maximum atomic E-state index is 12.9. The Hall–Kier alpha value is -2.96. The van der Waals surface area contributed by atoms with Gasteiger partial charge in [0.05, 0.1) is 11.3 Å². The number of alkyl halides is 3. The number of nitrogens with one attached hydrogen (secondary N) is 3. The number of amides is 2. The minimum absolute atomic E-state index is 0.0335. The molecule has 0 spiro atoms. The number of halogens is 5. The number of benzene rings is 1. The van der Waals surface area contributed by atoms with E-state index in [0.29, 0.717) is 25.9 Å². The molecule has 3 rings (SSSR count). The monoisotopic (exact) mass is 505 g/mol. The van der Waals surface area contributed by atoms with Crippen molar-refractivity contribution in [3.8, 4) is 5.75 Å². The van der Waals surface area contributed by atoms with E-state index < -0.39 is 41.3 Å². The summed E-state index contributed by atoms with van der Waals surface area (Å²) in [5.41, 5.74) is -0.800. The van der Waals surface area contributed by atoms with Gasteiger partial charge in [-0.05, 0) is 44.1 Å². The Labute approximate surface area is 195 Å². The van der Waals surface area contributed by atoms with E-state index in [1.807, 2.05) is 0 Å². The topological polar surface area (TPSA) is 122 Å². The fourth-order valence-electron chi connectivity index (χ4n) is 3.00. The highest BCUT2D eigenvalue weighted by atomic mass is 35.5. The number of hydrogen-bond donors (Lipinski definition) is 3. The van der Waals surface area contributed by atoms with E-state index in [1.165, 1.54) is 12.1 Å². The Balaban J connectivity index is 1.98. The normalized spacial score (nSPS) is 14.5. The van der Waals surface area contributed by atoms with Crippen LogP contribution in [0.1, 0.15) is 23.2 Å². The van der Waals surface area contributed by atoms with Crippen molar-refractivity contribution >= 4 is 52.5 Å². The molecule has 0 saturated carbocycles. The zero-order valence-corrected chi connectivity index (χ0v) is 18.1. The van der Waals surface area contributed by atoms with Gasteiger partial charge in [0.15, 0.2) is 16.7 Å². The van der Waals surface area contributed by atoms with Gasteiger partial charge in [-0.25, -0.2) is 4.79 Å². The minimum atomic E-state index is -5.32. The lowest BCUT2D eigenvalue weighted by Gasteiger charge is -2.23. The summed E-state index contributed by atoms with van der Waals surface area (Å²) in [4.78, 5) is 37.1. The molecule has 3 N–H and O–H groups in total. The number of piperidine rings is 1. The van der Waals surface area contributed by atoms with Crippen LogP contribution in [0.2, 0.25) is 10.2 Å². The highest BCUT2D eigenvalue weighted by Crippen LogP contribution is 2.35. The third-order valence-electron chi connectivity index (χ3n) is 4.58. The molecule has 1 saturated heterocycles. The fraction of sp³-hybridized carbons (Fsp3) is 0.316. The van der Waals surface area contributed by atoms with Gasteiger partial charge in [0.2, 0.25) is 5.91 Å². The first-order chi connectivity index (χ1) is 15.5. The van der Waals surface area contributed by atoms with Crippen molar-refractivity contribution in [3.63, 3.8) is 0 Å². The van der Waals surface area contributed by atoms with Crippen LogP contribution in [0.15, 0.2) is 24.3 Å². The first-order valence-corrected chi connectivity index (χ1v) is 10.2. The number of hydrogen-bond acceptors (Lipinski definition) is 7. The zero-order valence-electron chi connectivity index (χ0n) is 16.6. The van der Waals surface area contributed by atoms with Gasteiger partial charge in [-0.2, -0.15) is 13.2 Å². The molecular weight excluding hydrogens is 490 g/mol.